The first-order valence-corrected chi connectivity index (χ1v) is 7.08. The molecule has 1 aromatic rings. The van der Waals surface area contributed by atoms with Crippen LogP contribution in [0.3, 0.4) is 0 Å². The highest BCUT2D eigenvalue weighted by atomic mass is 16.5. The van der Waals surface area contributed by atoms with Crippen LogP contribution >= 0.6 is 0 Å². The Balaban J connectivity index is 2.62. The van der Waals surface area contributed by atoms with Crippen LogP contribution < -0.4 is 15.4 Å². The van der Waals surface area contributed by atoms with Crippen molar-refractivity contribution in [2.75, 3.05) is 20.2 Å². The van der Waals surface area contributed by atoms with Crippen molar-refractivity contribution in [2.45, 2.75) is 34.2 Å². The molecule has 0 heterocycles. The van der Waals surface area contributed by atoms with Crippen LogP contribution in [0.5, 0.6) is 5.75 Å². The van der Waals surface area contributed by atoms with Crippen LogP contribution in [0.25, 0.3) is 0 Å². The summed E-state index contributed by atoms with van der Waals surface area (Å²) in [5, 5.41) is 5.98. The fraction of sp³-hybridized carbons (Fsp3) is 0.562. The van der Waals surface area contributed by atoms with Crippen molar-refractivity contribution in [3.63, 3.8) is 0 Å². The summed E-state index contributed by atoms with van der Waals surface area (Å²) in [5.74, 6) is 1.18. The zero-order chi connectivity index (χ0) is 15.1. The third kappa shape index (κ3) is 5.21. The first-order valence-electron chi connectivity index (χ1n) is 7.08. The van der Waals surface area contributed by atoms with Gasteiger partial charge in [-0.05, 0) is 43.5 Å². The second kappa shape index (κ2) is 7.90. The lowest BCUT2D eigenvalue weighted by atomic mass is 10.1. The Bertz CT molecular complexity index is 433. The highest BCUT2D eigenvalue weighted by Gasteiger charge is 2.09. The molecule has 4 heteroatoms. The van der Waals surface area contributed by atoms with Crippen LogP contribution in [0.2, 0.25) is 0 Å². The number of aryl methyl sites for hydroxylation is 2. The van der Waals surface area contributed by atoms with E-state index in [0.717, 1.165) is 23.4 Å². The Labute approximate surface area is 121 Å². The molecule has 0 saturated carbocycles. The maximum Gasteiger partial charge on any atom is 0.257 e. The van der Waals surface area contributed by atoms with Gasteiger partial charge in [0.25, 0.3) is 5.91 Å². The lowest BCUT2D eigenvalue weighted by molar-refractivity contribution is -0.123. The number of carbonyl (C=O) groups is 1. The van der Waals surface area contributed by atoms with E-state index >= 15 is 0 Å². The van der Waals surface area contributed by atoms with Gasteiger partial charge in [-0.25, -0.2) is 0 Å². The average molecular weight is 278 g/mol. The van der Waals surface area contributed by atoms with Crippen LogP contribution in [0, 0.1) is 19.8 Å². The molecule has 0 aliphatic rings. The summed E-state index contributed by atoms with van der Waals surface area (Å²) >= 11 is 0. The minimum atomic E-state index is -0.0724. The van der Waals surface area contributed by atoms with Gasteiger partial charge in [-0.15, -0.1) is 0 Å². The minimum Gasteiger partial charge on any atom is -0.483 e. The summed E-state index contributed by atoms with van der Waals surface area (Å²) in [6, 6.07) is 4.18. The fourth-order valence-corrected chi connectivity index (χ4v) is 2.08. The van der Waals surface area contributed by atoms with Gasteiger partial charge in [0.2, 0.25) is 0 Å². The molecule has 0 atom stereocenters. The largest absolute Gasteiger partial charge is 0.483 e. The van der Waals surface area contributed by atoms with Crippen LogP contribution in [0.4, 0.5) is 0 Å². The van der Waals surface area contributed by atoms with Gasteiger partial charge in [-0.3, -0.25) is 4.79 Å². The third-order valence-electron chi connectivity index (χ3n) is 2.96. The molecule has 0 aliphatic carbocycles. The summed E-state index contributed by atoms with van der Waals surface area (Å²) in [7, 11) is 1.92. The molecule has 0 bridgehead atoms. The van der Waals surface area contributed by atoms with Gasteiger partial charge in [0.1, 0.15) is 5.75 Å². The zero-order valence-electron chi connectivity index (χ0n) is 13.2. The van der Waals surface area contributed by atoms with Gasteiger partial charge in [0.05, 0.1) is 0 Å². The molecule has 0 aliphatic heterocycles. The summed E-state index contributed by atoms with van der Waals surface area (Å²) < 4.78 is 5.66. The van der Waals surface area contributed by atoms with Gasteiger partial charge >= 0.3 is 0 Å². The molecule has 0 saturated heterocycles. The third-order valence-corrected chi connectivity index (χ3v) is 2.96. The van der Waals surface area contributed by atoms with Crippen molar-refractivity contribution >= 4 is 5.91 Å². The molecule has 2 N–H and O–H groups in total. The predicted octanol–water partition coefficient (Wildman–Crippen LogP) is 2.17. The summed E-state index contributed by atoms with van der Waals surface area (Å²) in [6.45, 7) is 9.73. The SMILES string of the molecule is CNCc1cc(C)c(OCC(=O)NCC(C)C)c(C)c1. The molecule has 0 aromatic heterocycles. The molecule has 1 rings (SSSR count). The summed E-state index contributed by atoms with van der Waals surface area (Å²) in [5.41, 5.74) is 3.35. The van der Waals surface area contributed by atoms with E-state index in [0.29, 0.717) is 12.5 Å². The maximum atomic E-state index is 11.7. The van der Waals surface area contributed by atoms with Crippen LogP contribution in [-0.2, 0) is 11.3 Å². The topological polar surface area (TPSA) is 50.4 Å². The van der Waals surface area contributed by atoms with Gasteiger partial charge < -0.3 is 15.4 Å². The van der Waals surface area contributed by atoms with E-state index in [1.165, 1.54) is 5.56 Å². The molecular weight excluding hydrogens is 252 g/mol. The molecule has 20 heavy (non-hydrogen) atoms. The fourth-order valence-electron chi connectivity index (χ4n) is 2.08. The lowest BCUT2D eigenvalue weighted by Gasteiger charge is -2.14. The zero-order valence-corrected chi connectivity index (χ0v) is 13.2. The van der Waals surface area contributed by atoms with Crippen LogP contribution in [0.1, 0.15) is 30.5 Å². The Morgan fingerprint density at radius 3 is 2.35 bits per heavy atom. The second-order valence-corrected chi connectivity index (χ2v) is 5.58. The smallest absolute Gasteiger partial charge is 0.257 e. The number of carbonyl (C=O) groups excluding carboxylic acids is 1. The van der Waals surface area contributed by atoms with Crippen LogP contribution in [0.15, 0.2) is 12.1 Å². The van der Waals surface area contributed by atoms with E-state index in [1.807, 2.05) is 20.9 Å². The van der Waals surface area contributed by atoms with Crippen molar-refractivity contribution in [3.05, 3.63) is 28.8 Å². The lowest BCUT2D eigenvalue weighted by Crippen LogP contribution is -2.31. The number of hydrogen-bond donors (Lipinski definition) is 2. The number of ether oxygens (including phenoxy) is 1. The molecule has 4 nitrogen and oxygen atoms in total. The van der Waals surface area contributed by atoms with E-state index in [1.54, 1.807) is 0 Å². The van der Waals surface area contributed by atoms with E-state index < -0.39 is 0 Å². The van der Waals surface area contributed by atoms with Crippen molar-refractivity contribution in [1.29, 1.82) is 0 Å². The Morgan fingerprint density at radius 1 is 1.25 bits per heavy atom. The van der Waals surface area contributed by atoms with E-state index in [2.05, 4.69) is 36.6 Å². The standard InChI is InChI=1S/C16H26N2O2/c1-11(2)8-18-15(19)10-20-16-12(3)6-14(9-17-5)7-13(16)4/h6-7,11,17H,8-10H2,1-5H3,(H,18,19). The summed E-state index contributed by atoms with van der Waals surface area (Å²) in [6.07, 6.45) is 0. The number of benzene rings is 1. The van der Waals surface area contributed by atoms with Gasteiger partial charge in [0.15, 0.2) is 6.61 Å². The first kappa shape index (κ1) is 16.5. The summed E-state index contributed by atoms with van der Waals surface area (Å²) in [4.78, 5) is 11.7. The minimum absolute atomic E-state index is 0.0692. The first-order chi connectivity index (χ1) is 9.43. The molecule has 1 amide bonds. The number of rotatable bonds is 7. The average Bonchev–Trinajstić information content (AvgIpc) is 2.35. The number of nitrogens with one attached hydrogen (secondary N) is 2. The van der Waals surface area contributed by atoms with Crippen molar-refractivity contribution in [2.24, 2.45) is 5.92 Å². The highest BCUT2D eigenvalue weighted by molar-refractivity contribution is 5.77. The van der Waals surface area contributed by atoms with E-state index in [-0.39, 0.29) is 12.5 Å². The molecule has 112 valence electrons. The quantitative estimate of drug-likeness (QED) is 0.803. The van der Waals surface area contributed by atoms with E-state index in [4.69, 9.17) is 4.74 Å². The monoisotopic (exact) mass is 278 g/mol. The molecule has 0 radical (unpaired) electrons. The number of hydrogen-bond acceptors (Lipinski definition) is 3. The maximum absolute atomic E-state index is 11.7. The molecule has 1 aromatic carbocycles. The molecule has 0 spiro atoms. The number of amides is 1. The molecule has 0 unspecified atom stereocenters. The van der Waals surface area contributed by atoms with E-state index in [9.17, 15) is 4.79 Å². The normalized spacial score (nSPS) is 10.7. The molecular formula is C16H26N2O2. The van der Waals surface area contributed by atoms with Crippen molar-refractivity contribution in [3.8, 4) is 5.75 Å². The van der Waals surface area contributed by atoms with Crippen molar-refractivity contribution in [1.82, 2.24) is 10.6 Å². The van der Waals surface area contributed by atoms with Gasteiger partial charge in [0, 0.05) is 13.1 Å². The highest BCUT2D eigenvalue weighted by Crippen LogP contribution is 2.24. The van der Waals surface area contributed by atoms with Gasteiger partial charge in [-0.1, -0.05) is 26.0 Å². The predicted molar refractivity (Wildman–Crippen MR) is 82.0 cm³/mol. The Morgan fingerprint density at radius 2 is 1.85 bits per heavy atom. The van der Waals surface area contributed by atoms with Gasteiger partial charge in [-0.2, -0.15) is 0 Å². The van der Waals surface area contributed by atoms with Crippen molar-refractivity contribution < 1.29 is 9.53 Å². The Kier molecular flexibility index (Phi) is 6.52. The second-order valence-electron chi connectivity index (χ2n) is 5.58. The molecule has 0 fully saturated rings. The Hall–Kier alpha value is -1.55. The van der Waals surface area contributed by atoms with Crippen LogP contribution in [-0.4, -0.2) is 26.1 Å².